The third kappa shape index (κ3) is 5.63. The van der Waals surface area contributed by atoms with Gasteiger partial charge in [0.1, 0.15) is 24.2 Å². The van der Waals surface area contributed by atoms with E-state index in [-0.39, 0.29) is 12.8 Å². The molecule has 1 atom stereocenters. The molecule has 0 saturated carbocycles. The van der Waals surface area contributed by atoms with E-state index in [1.54, 1.807) is 13.8 Å². The number of alkyl halides is 1. The zero-order valence-corrected chi connectivity index (χ0v) is 21.2. The number of aliphatic carboxylic acids is 1. The molecule has 2 aromatic carbocycles. The minimum absolute atomic E-state index is 0.133. The van der Waals surface area contributed by atoms with Gasteiger partial charge in [0.15, 0.2) is 0 Å². The van der Waals surface area contributed by atoms with Crippen LogP contribution >= 0.6 is 15.9 Å². The molecule has 4 rings (SSSR count). The third-order valence-corrected chi connectivity index (χ3v) is 7.07. The minimum atomic E-state index is -0.846. The SMILES string of the molecule is CC(C)(Cc1ccc2c(c1)OCC(Br)=C2c1ccc(O[C@H]2CCN(CCCF)C2)cc1)C(=O)O. The van der Waals surface area contributed by atoms with Crippen molar-refractivity contribution in [2.75, 3.05) is 32.9 Å². The van der Waals surface area contributed by atoms with Crippen LogP contribution < -0.4 is 9.47 Å². The Morgan fingerprint density at radius 1 is 1.26 bits per heavy atom. The van der Waals surface area contributed by atoms with E-state index >= 15 is 0 Å². The van der Waals surface area contributed by atoms with Crippen molar-refractivity contribution in [1.29, 1.82) is 0 Å². The van der Waals surface area contributed by atoms with Crippen LogP contribution in [-0.2, 0) is 11.2 Å². The number of hydrogen-bond acceptors (Lipinski definition) is 4. The van der Waals surface area contributed by atoms with Crippen LogP contribution in [0.25, 0.3) is 5.57 Å². The highest BCUT2D eigenvalue weighted by Crippen LogP contribution is 2.41. The fourth-order valence-electron chi connectivity index (χ4n) is 4.53. The number of benzene rings is 2. The molecule has 2 aromatic rings. The Morgan fingerprint density at radius 2 is 2.03 bits per heavy atom. The summed E-state index contributed by atoms with van der Waals surface area (Å²) < 4.78 is 25.5. The molecule has 5 nitrogen and oxygen atoms in total. The lowest BCUT2D eigenvalue weighted by Crippen LogP contribution is -2.26. The molecule has 0 radical (unpaired) electrons. The molecule has 182 valence electrons. The van der Waals surface area contributed by atoms with Gasteiger partial charge in [-0.3, -0.25) is 14.1 Å². The van der Waals surface area contributed by atoms with Gasteiger partial charge in [-0.15, -0.1) is 0 Å². The van der Waals surface area contributed by atoms with Crippen LogP contribution in [0, 0.1) is 5.41 Å². The van der Waals surface area contributed by atoms with Crippen molar-refractivity contribution in [3.63, 3.8) is 0 Å². The van der Waals surface area contributed by atoms with Gasteiger partial charge < -0.3 is 14.6 Å². The van der Waals surface area contributed by atoms with Crippen molar-refractivity contribution in [2.24, 2.45) is 5.41 Å². The molecule has 2 aliphatic rings. The number of carboxylic acids is 1. The molecule has 0 bridgehead atoms. The third-order valence-electron chi connectivity index (χ3n) is 6.45. The van der Waals surface area contributed by atoms with Gasteiger partial charge >= 0.3 is 5.97 Å². The highest BCUT2D eigenvalue weighted by Gasteiger charge is 2.29. The molecule has 0 unspecified atom stereocenters. The maximum Gasteiger partial charge on any atom is 0.309 e. The second-order valence-electron chi connectivity index (χ2n) is 9.66. The van der Waals surface area contributed by atoms with Crippen molar-refractivity contribution < 1.29 is 23.8 Å². The van der Waals surface area contributed by atoms with Crippen LogP contribution in [0.2, 0.25) is 0 Å². The van der Waals surface area contributed by atoms with Crippen LogP contribution in [0.3, 0.4) is 0 Å². The monoisotopic (exact) mass is 531 g/mol. The second kappa shape index (κ2) is 10.5. The molecule has 0 aliphatic carbocycles. The van der Waals surface area contributed by atoms with Gasteiger partial charge in [0, 0.05) is 35.3 Å². The fraction of sp³-hybridized carbons (Fsp3) is 0.444. The average molecular weight is 532 g/mol. The summed E-state index contributed by atoms with van der Waals surface area (Å²) in [5, 5.41) is 9.45. The number of carboxylic acid groups (broad SMARTS) is 1. The van der Waals surface area contributed by atoms with Gasteiger partial charge in [0.2, 0.25) is 0 Å². The predicted molar refractivity (Wildman–Crippen MR) is 135 cm³/mol. The van der Waals surface area contributed by atoms with Gasteiger partial charge in [0.05, 0.1) is 12.1 Å². The summed E-state index contributed by atoms with van der Waals surface area (Å²) in [4.78, 5) is 13.8. The molecule has 2 aliphatic heterocycles. The van der Waals surface area contributed by atoms with Gasteiger partial charge in [-0.25, -0.2) is 0 Å². The summed E-state index contributed by atoms with van der Waals surface area (Å²) in [6.45, 7) is 6.18. The molecular formula is C27H31BrFNO4. The summed E-state index contributed by atoms with van der Waals surface area (Å²) in [7, 11) is 0. The first-order valence-corrected chi connectivity index (χ1v) is 12.5. The maximum absolute atomic E-state index is 12.4. The Hall–Kier alpha value is -2.38. The summed E-state index contributed by atoms with van der Waals surface area (Å²) in [5.74, 6) is 0.773. The zero-order chi connectivity index (χ0) is 24.3. The number of nitrogens with zero attached hydrogens (tertiary/aromatic N) is 1. The normalized spacial score (nSPS) is 18.5. The highest BCUT2D eigenvalue weighted by atomic mass is 79.9. The number of likely N-dealkylation sites (tertiary alicyclic amines) is 1. The average Bonchev–Trinajstić information content (AvgIpc) is 3.25. The topological polar surface area (TPSA) is 59.0 Å². The number of ether oxygens (including phenoxy) is 2. The summed E-state index contributed by atoms with van der Waals surface area (Å²) in [5.41, 5.74) is 3.18. The molecule has 0 amide bonds. The molecular weight excluding hydrogens is 501 g/mol. The number of rotatable bonds is 9. The molecule has 2 heterocycles. The maximum atomic E-state index is 12.4. The van der Waals surface area contributed by atoms with Crippen LogP contribution in [-0.4, -0.2) is 55.0 Å². The van der Waals surface area contributed by atoms with E-state index in [0.717, 1.165) is 64.3 Å². The van der Waals surface area contributed by atoms with Gasteiger partial charge in [-0.2, -0.15) is 0 Å². The molecule has 0 spiro atoms. The molecule has 1 N–H and O–H groups in total. The fourth-order valence-corrected chi connectivity index (χ4v) is 5.09. The van der Waals surface area contributed by atoms with Crippen LogP contribution in [0.4, 0.5) is 4.39 Å². The van der Waals surface area contributed by atoms with E-state index < -0.39 is 11.4 Å². The lowest BCUT2D eigenvalue weighted by atomic mass is 9.85. The van der Waals surface area contributed by atoms with Crippen molar-refractivity contribution >= 4 is 27.5 Å². The van der Waals surface area contributed by atoms with E-state index in [2.05, 4.69) is 33.0 Å². The van der Waals surface area contributed by atoms with Gasteiger partial charge in [0.25, 0.3) is 0 Å². The van der Waals surface area contributed by atoms with E-state index in [9.17, 15) is 14.3 Å². The smallest absolute Gasteiger partial charge is 0.309 e. The first kappa shape index (κ1) is 24.7. The molecule has 34 heavy (non-hydrogen) atoms. The first-order chi connectivity index (χ1) is 16.3. The summed E-state index contributed by atoms with van der Waals surface area (Å²) in [6.07, 6.45) is 2.09. The van der Waals surface area contributed by atoms with Crippen molar-refractivity contribution in [2.45, 2.75) is 39.2 Å². The summed E-state index contributed by atoms with van der Waals surface area (Å²) >= 11 is 3.68. The Morgan fingerprint density at radius 3 is 2.74 bits per heavy atom. The predicted octanol–water partition coefficient (Wildman–Crippen LogP) is 5.70. The van der Waals surface area contributed by atoms with E-state index in [0.29, 0.717) is 19.4 Å². The zero-order valence-electron chi connectivity index (χ0n) is 19.7. The minimum Gasteiger partial charge on any atom is -0.489 e. The van der Waals surface area contributed by atoms with Crippen molar-refractivity contribution in [3.05, 3.63) is 63.6 Å². The van der Waals surface area contributed by atoms with Gasteiger partial charge in [-0.1, -0.05) is 40.2 Å². The largest absolute Gasteiger partial charge is 0.489 e. The quantitative estimate of drug-likeness (QED) is 0.449. The molecule has 7 heteroatoms. The second-order valence-corrected chi connectivity index (χ2v) is 10.6. The van der Waals surface area contributed by atoms with E-state index in [1.165, 1.54) is 0 Å². The van der Waals surface area contributed by atoms with Crippen LogP contribution in [0.1, 0.15) is 43.4 Å². The highest BCUT2D eigenvalue weighted by molar-refractivity contribution is 9.11. The number of fused-ring (bicyclic) bond motifs is 1. The van der Waals surface area contributed by atoms with E-state index in [1.807, 2.05) is 30.3 Å². The Kier molecular flexibility index (Phi) is 7.63. The van der Waals surface area contributed by atoms with Crippen LogP contribution in [0.15, 0.2) is 46.9 Å². The van der Waals surface area contributed by atoms with Crippen molar-refractivity contribution in [3.8, 4) is 11.5 Å². The number of carbonyl (C=O) groups is 1. The Balaban J connectivity index is 1.48. The molecule has 0 aromatic heterocycles. The molecule has 1 fully saturated rings. The number of halogens is 2. The molecule has 1 saturated heterocycles. The lowest BCUT2D eigenvalue weighted by Gasteiger charge is -2.24. The van der Waals surface area contributed by atoms with E-state index in [4.69, 9.17) is 9.47 Å². The lowest BCUT2D eigenvalue weighted by molar-refractivity contribution is -0.146. The van der Waals surface area contributed by atoms with Gasteiger partial charge in [-0.05, 0) is 62.4 Å². The number of hydrogen-bond donors (Lipinski definition) is 1. The Labute approximate surface area is 208 Å². The van der Waals surface area contributed by atoms with Crippen molar-refractivity contribution in [1.82, 2.24) is 4.90 Å². The Bertz CT molecular complexity index is 1070. The standard InChI is InChI=1S/C27H31BrFNO4/c1-27(2,26(31)32)15-18-4-9-22-24(14-18)33-17-23(28)25(22)19-5-7-20(8-6-19)34-21-10-13-30(16-21)12-3-11-29/h4-9,14,21H,3,10-13,15-17H2,1-2H3,(H,31,32)/t21-/m0/s1. The summed E-state index contributed by atoms with van der Waals surface area (Å²) in [6, 6.07) is 14.0. The van der Waals surface area contributed by atoms with Crippen LogP contribution in [0.5, 0.6) is 11.5 Å². The first-order valence-electron chi connectivity index (χ1n) is 11.7.